The molecule has 0 saturated carbocycles. The van der Waals surface area contributed by atoms with Gasteiger partial charge in [-0.15, -0.1) is 0 Å². The summed E-state index contributed by atoms with van der Waals surface area (Å²) in [4.78, 5) is 26.7. The Balaban J connectivity index is 2.26. The van der Waals surface area contributed by atoms with Crippen LogP contribution in [0.1, 0.15) is 21.5 Å². The molecule has 0 aromatic heterocycles. The minimum absolute atomic E-state index is 0.193. The van der Waals surface area contributed by atoms with Crippen molar-refractivity contribution in [2.75, 3.05) is 19.0 Å². The van der Waals surface area contributed by atoms with Gasteiger partial charge in [-0.25, -0.2) is 4.39 Å². The van der Waals surface area contributed by atoms with Crippen molar-refractivity contribution in [3.63, 3.8) is 0 Å². The van der Waals surface area contributed by atoms with Crippen LogP contribution < -0.4 is 4.90 Å². The summed E-state index contributed by atoms with van der Waals surface area (Å²) in [5.74, 6) is -0.502. The molecule has 2 rings (SSSR count). The quantitative estimate of drug-likeness (QED) is 0.796. The molecule has 0 atom stereocenters. The van der Waals surface area contributed by atoms with E-state index in [-0.39, 0.29) is 11.7 Å². The van der Waals surface area contributed by atoms with Crippen LogP contribution in [0, 0.1) is 12.7 Å². The molecule has 2 aromatic rings. The van der Waals surface area contributed by atoms with Crippen LogP contribution >= 0.6 is 0 Å². The number of rotatable bonds is 5. The zero-order chi connectivity index (χ0) is 17.0. The van der Waals surface area contributed by atoms with Crippen LogP contribution in [0.25, 0.3) is 0 Å². The van der Waals surface area contributed by atoms with Crippen LogP contribution in [-0.4, -0.2) is 31.3 Å². The van der Waals surface area contributed by atoms with Crippen LogP contribution in [0.15, 0.2) is 42.5 Å². The van der Waals surface area contributed by atoms with Crippen molar-refractivity contribution in [2.24, 2.45) is 0 Å². The maximum absolute atomic E-state index is 13.0. The van der Waals surface area contributed by atoms with Gasteiger partial charge < -0.3 is 9.80 Å². The molecule has 5 heteroatoms. The highest BCUT2D eigenvalue weighted by atomic mass is 19.1. The van der Waals surface area contributed by atoms with Gasteiger partial charge in [0.2, 0.25) is 6.41 Å². The van der Waals surface area contributed by atoms with Crippen LogP contribution in [0.4, 0.5) is 10.1 Å². The summed E-state index contributed by atoms with van der Waals surface area (Å²) in [5.41, 5.74) is 2.79. The predicted molar refractivity (Wildman–Crippen MR) is 87.8 cm³/mol. The summed E-state index contributed by atoms with van der Waals surface area (Å²) in [7, 11) is 3.28. The van der Waals surface area contributed by atoms with E-state index >= 15 is 0 Å². The molecule has 0 saturated heterocycles. The molecule has 23 heavy (non-hydrogen) atoms. The predicted octanol–water partition coefficient (Wildman–Crippen LogP) is 3.00. The van der Waals surface area contributed by atoms with Crippen molar-refractivity contribution in [3.8, 4) is 0 Å². The van der Waals surface area contributed by atoms with Gasteiger partial charge in [-0.3, -0.25) is 9.59 Å². The van der Waals surface area contributed by atoms with E-state index < -0.39 is 0 Å². The Kier molecular flexibility index (Phi) is 5.11. The van der Waals surface area contributed by atoms with E-state index in [1.165, 1.54) is 17.0 Å². The SMILES string of the molecule is Cc1ccc(N(C)C=O)c(C(=O)N(C)Cc2ccc(F)cc2)c1. The van der Waals surface area contributed by atoms with Crippen LogP contribution in [0.2, 0.25) is 0 Å². The number of carbonyl (C=O) groups is 2. The number of carbonyl (C=O) groups excluding carboxylic acids is 2. The molecule has 0 heterocycles. The Morgan fingerprint density at radius 3 is 2.39 bits per heavy atom. The van der Waals surface area contributed by atoms with Crippen molar-refractivity contribution in [3.05, 3.63) is 65.0 Å². The standard InChI is InChI=1S/C18H19FN2O2/c1-13-4-9-17(21(3)12-22)16(10-13)18(23)20(2)11-14-5-7-15(19)8-6-14/h4-10,12H,11H2,1-3H3. The van der Waals surface area contributed by atoms with E-state index in [2.05, 4.69) is 0 Å². The second-order valence-electron chi connectivity index (χ2n) is 5.52. The molecule has 0 bridgehead atoms. The molecule has 0 N–H and O–H groups in total. The van der Waals surface area contributed by atoms with Crippen LogP contribution in [0.3, 0.4) is 0 Å². The smallest absolute Gasteiger partial charge is 0.256 e. The minimum Gasteiger partial charge on any atom is -0.337 e. The third-order valence-electron chi connectivity index (χ3n) is 3.60. The fraction of sp³-hybridized carbons (Fsp3) is 0.222. The molecule has 0 aliphatic rings. The number of halogens is 1. The minimum atomic E-state index is -0.309. The Hall–Kier alpha value is -2.69. The normalized spacial score (nSPS) is 10.3. The molecule has 120 valence electrons. The highest BCUT2D eigenvalue weighted by Gasteiger charge is 2.18. The Bertz CT molecular complexity index is 713. The summed E-state index contributed by atoms with van der Waals surface area (Å²) >= 11 is 0. The van der Waals surface area contributed by atoms with Crippen molar-refractivity contribution >= 4 is 18.0 Å². The van der Waals surface area contributed by atoms with Gasteiger partial charge in [0.05, 0.1) is 11.3 Å². The number of hydrogen-bond donors (Lipinski definition) is 0. The molecule has 4 nitrogen and oxygen atoms in total. The second-order valence-corrected chi connectivity index (χ2v) is 5.52. The zero-order valence-corrected chi connectivity index (χ0v) is 13.4. The average Bonchev–Trinajstić information content (AvgIpc) is 2.55. The number of benzene rings is 2. The van der Waals surface area contributed by atoms with Gasteiger partial charge in [0.15, 0.2) is 0 Å². The molecular weight excluding hydrogens is 295 g/mol. The number of hydrogen-bond acceptors (Lipinski definition) is 2. The summed E-state index contributed by atoms with van der Waals surface area (Å²) in [6, 6.07) is 11.4. The fourth-order valence-electron chi connectivity index (χ4n) is 2.33. The Morgan fingerprint density at radius 2 is 1.78 bits per heavy atom. The maximum Gasteiger partial charge on any atom is 0.256 e. The molecule has 2 amide bonds. The van der Waals surface area contributed by atoms with Gasteiger partial charge in [-0.05, 0) is 36.8 Å². The van der Waals surface area contributed by atoms with E-state index in [0.29, 0.717) is 24.2 Å². The van der Waals surface area contributed by atoms with Gasteiger partial charge in [-0.2, -0.15) is 0 Å². The average molecular weight is 314 g/mol. The Morgan fingerprint density at radius 1 is 1.13 bits per heavy atom. The lowest BCUT2D eigenvalue weighted by molar-refractivity contribution is -0.107. The first-order valence-corrected chi connectivity index (χ1v) is 7.21. The molecule has 0 fully saturated rings. The van der Waals surface area contributed by atoms with Crippen molar-refractivity contribution in [1.29, 1.82) is 0 Å². The number of aryl methyl sites for hydroxylation is 1. The molecule has 2 aromatic carbocycles. The third kappa shape index (κ3) is 3.94. The molecule has 0 unspecified atom stereocenters. The highest BCUT2D eigenvalue weighted by molar-refractivity contribution is 6.01. The summed E-state index contributed by atoms with van der Waals surface area (Å²) in [5, 5.41) is 0. The van der Waals surface area contributed by atoms with Gasteiger partial charge in [-0.1, -0.05) is 23.8 Å². The largest absolute Gasteiger partial charge is 0.337 e. The second kappa shape index (κ2) is 7.05. The van der Waals surface area contributed by atoms with Gasteiger partial charge >= 0.3 is 0 Å². The highest BCUT2D eigenvalue weighted by Crippen LogP contribution is 2.22. The first-order chi connectivity index (χ1) is 10.9. The molecule has 0 aliphatic heterocycles. The number of anilines is 1. The molecule has 0 aliphatic carbocycles. The number of nitrogens with zero attached hydrogens (tertiary/aromatic N) is 2. The Labute approximate surface area is 135 Å². The summed E-state index contributed by atoms with van der Waals surface area (Å²) in [6.07, 6.45) is 0.668. The van der Waals surface area contributed by atoms with E-state index in [9.17, 15) is 14.0 Å². The lowest BCUT2D eigenvalue weighted by atomic mass is 10.1. The van der Waals surface area contributed by atoms with Gasteiger partial charge in [0.1, 0.15) is 5.82 Å². The zero-order valence-electron chi connectivity index (χ0n) is 13.4. The van der Waals surface area contributed by atoms with E-state index in [4.69, 9.17) is 0 Å². The monoisotopic (exact) mass is 314 g/mol. The van der Waals surface area contributed by atoms with Crippen molar-refractivity contribution < 1.29 is 14.0 Å². The molecule has 0 spiro atoms. The van der Waals surface area contributed by atoms with Crippen LogP contribution in [-0.2, 0) is 11.3 Å². The fourth-order valence-corrected chi connectivity index (χ4v) is 2.33. The van der Waals surface area contributed by atoms with E-state index in [1.807, 2.05) is 13.0 Å². The van der Waals surface area contributed by atoms with Crippen LogP contribution in [0.5, 0.6) is 0 Å². The first kappa shape index (κ1) is 16.7. The summed E-state index contributed by atoms with van der Waals surface area (Å²) < 4.78 is 13.0. The molecular formula is C18H19FN2O2. The topological polar surface area (TPSA) is 40.6 Å². The van der Waals surface area contributed by atoms with Crippen molar-refractivity contribution in [1.82, 2.24) is 4.90 Å². The first-order valence-electron chi connectivity index (χ1n) is 7.21. The lowest BCUT2D eigenvalue weighted by Gasteiger charge is -2.22. The lowest BCUT2D eigenvalue weighted by Crippen LogP contribution is -2.28. The summed E-state index contributed by atoms with van der Waals surface area (Å²) in [6.45, 7) is 2.25. The maximum atomic E-state index is 13.0. The van der Waals surface area contributed by atoms with Gasteiger partial charge in [0.25, 0.3) is 5.91 Å². The van der Waals surface area contributed by atoms with Gasteiger partial charge in [0, 0.05) is 20.6 Å². The van der Waals surface area contributed by atoms with E-state index in [0.717, 1.165) is 11.1 Å². The molecule has 0 radical (unpaired) electrons. The third-order valence-corrected chi connectivity index (χ3v) is 3.60. The number of amides is 2. The van der Waals surface area contributed by atoms with E-state index in [1.54, 1.807) is 43.3 Å². The van der Waals surface area contributed by atoms with Crippen molar-refractivity contribution in [2.45, 2.75) is 13.5 Å².